The Morgan fingerprint density at radius 1 is 1.38 bits per heavy atom. The van der Waals surface area contributed by atoms with E-state index >= 15 is 0 Å². The van der Waals surface area contributed by atoms with Crippen LogP contribution in [0, 0.1) is 0 Å². The summed E-state index contributed by atoms with van der Waals surface area (Å²) in [5.41, 5.74) is 9.87. The van der Waals surface area contributed by atoms with Gasteiger partial charge in [-0.15, -0.1) is 0 Å². The molecule has 2 rings (SSSR count). The number of carbonyl (C=O) groups is 1. The van der Waals surface area contributed by atoms with Crippen LogP contribution in [0.25, 0.3) is 10.4 Å². The van der Waals surface area contributed by atoms with Crippen molar-refractivity contribution in [2.75, 3.05) is 32.2 Å². The lowest BCUT2D eigenvalue weighted by Gasteiger charge is -2.32. The number of azide groups is 1. The fourth-order valence-electron chi connectivity index (χ4n) is 2.48. The monoisotopic (exact) mass is 290 g/mol. The SMILES string of the molecule is COC(=O)c1ccc(N2CCC(N=[N+]=[N-])CC2)c(OC)c1. The zero-order chi connectivity index (χ0) is 15.2. The largest absolute Gasteiger partial charge is 0.495 e. The van der Waals surface area contributed by atoms with E-state index in [4.69, 9.17) is 15.0 Å². The molecule has 0 unspecified atom stereocenters. The Morgan fingerprint density at radius 2 is 2.10 bits per heavy atom. The van der Waals surface area contributed by atoms with Gasteiger partial charge in [-0.1, -0.05) is 5.11 Å². The van der Waals surface area contributed by atoms with Gasteiger partial charge in [-0.25, -0.2) is 4.79 Å². The standard InChI is InChI=1S/C14H18N4O3/c1-20-13-9-10(14(19)21-2)3-4-12(13)18-7-5-11(6-8-18)16-17-15/h3-4,9,11H,5-8H2,1-2H3. The van der Waals surface area contributed by atoms with Crippen molar-refractivity contribution in [3.8, 4) is 5.75 Å². The fourth-order valence-corrected chi connectivity index (χ4v) is 2.48. The summed E-state index contributed by atoms with van der Waals surface area (Å²) in [6, 6.07) is 5.33. The predicted octanol–water partition coefficient (Wildman–Crippen LogP) is 2.76. The second kappa shape index (κ2) is 6.85. The fraction of sp³-hybridized carbons (Fsp3) is 0.500. The molecular formula is C14H18N4O3. The summed E-state index contributed by atoms with van der Waals surface area (Å²) < 4.78 is 10.1. The Hall–Kier alpha value is -2.40. The first-order chi connectivity index (χ1) is 10.2. The first-order valence-electron chi connectivity index (χ1n) is 6.75. The Balaban J connectivity index is 2.17. The summed E-state index contributed by atoms with van der Waals surface area (Å²) in [4.78, 5) is 16.6. The topological polar surface area (TPSA) is 87.5 Å². The molecule has 1 aromatic rings. The van der Waals surface area contributed by atoms with Crippen LogP contribution in [-0.4, -0.2) is 39.3 Å². The number of anilines is 1. The second-order valence-electron chi connectivity index (χ2n) is 4.80. The zero-order valence-corrected chi connectivity index (χ0v) is 12.2. The number of esters is 1. The third kappa shape index (κ3) is 3.38. The van der Waals surface area contributed by atoms with Crippen molar-refractivity contribution < 1.29 is 14.3 Å². The number of rotatable bonds is 4. The van der Waals surface area contributed by atoms with Crippen LogP contribution in [-0.2, 0) is 4.74 Å². The van der Waals surface area contributed by atoms with E-state index in [1.54, 1.807) is 19.2 Å². The van der Waals surface area contributed by atoms with Crippen LogP contribution in [0.3, 0.4) is 0 Å². The highest BCUT2D eigenvalue weighted by Crippen LogP contribution is 2.32. The molecule has 0 amide bonds. The predicted molar refractivity (Wildman–Crippen MR) is 78.7 cm³/mol. The van der Waals surface area contributed by atoms with Crippen molar-refractivity contribution in [2.45, 2.75) is 18.9 Å². The van der Waals surface area contributed by atoms with Crippen molar-refractivity contribution in [2.24, 2.45) is 5.11 Å². The summed E-state index contributed by atoms with van der Waals surface area (Å²) in [5, 5.41) is 3.76. The van der Waals surface area contributed by atoms with E-state index in [0.717, 1.165) is 31.6 Å². The highest BCUT2D eigenvalue weighted by Gasteiger charge is 2.21. The zero-order valence-electron chi connectivity index (χ0n) is 12.2. The molecule has 0 atom stereocenters. The molecule has 0 aromatic heterocycles. The number of methoxy groups -OCH3 is 2. The summed E-state index contributed by atoms with van der Waals surface area (Å²) in [6.45, 7) is 1.58. The molecule has 7 nitrogen and oxygen atoms in total. The average molecular weight is 290 g/mol. The van der Waals surface area contributed by atoms with Crippen molar-refractivity contribution in [3.63, 3.8) is 0 Å². The minimum absolute atomic E-state index is 0.0617. The van der Waals surface area contributed by atoms with Gasteiger partial charge in [-0.2, -0.15) is 0 Å². The van der Waals surface area contributed by atoms with Gasteiger partial charge < -0.3 is 14.4 Å². The van der Waals surface area contributed by atoms with Gasteiger partial charge in [0, 0.05) is 24.0 Å². The van der Waals surface area contributed by atoms with Gasteiger partial charge in [0.1, 0.15) is 5.75 Å². The lowest BCUT2D eigenvalue weighted by molar-refractivity contribution is 0.0600. The van der Waals surface area contributed by atoms with Crippen LogP contribution >= 0.6 is 0 Å². The molecule has 112 valence electrons. The Morgan fingerprint density at radius 3 is 2.67 bits per heavy atom. The summed E-state index contributed by atoms with van der Waals surface area (Å²) >= 11 is 0. The van der Waals surface area contributed by atoms with E-state index in [1.807, 2.05) is 6.07 Å². The number of hydrogen-bond donors (Lipinski definition) is 0. The molecule has 1 aromatic carbocycles. The molecule has 0 aliphatic carbocycles. The second-order valence-corrected chi connectivity index (χ2v) is 4.80. The van der Waals surface area contributed by atoms with Crippen LogP contribution in [0.5, 0.6) is 5.75 Å². The van der Waals surface area contributed by atoms with Gasteiger partial charge in [0.2, 0.25) is 0 Å². The summed E-state index contributed by atoms with van der Waals surface area (Å²) in [5.74, 6) is 0.252. The lowest BCUT2D eigenvalue weighted by Crippen LogP contribution is -2.35. The molecule has 0 radical (unpaired) electrons. The molecule has 0 saturated carbocycles. The van der Waals surface area contributed by atoms with Gasteiger partial charge in [0.05, 0.1) is 25.5 Å². The maximum atomic E-state index is 11.5. The molecule has 21 heavy (non-hydrogen) atoms. The lowest BCUT2D eigenvalue weighted by atomic mass is 10.0. The summed E-state index contributed by atoms with van der Waals surface area (Å²) in [7, 11) is 2.93. The van der Waals surface area contributed by atoms with Crippen molar-refractivity contribution >= 4 is 11.7 Å². The molecular weight excluding hydrogens is 272 g/mol. The van der Waals surface area contributed by atoms with E-state index in [0.29, 0.717) is 11.3 Å². The Labute approximate surface area is 123 Å². The number of ether oxygens (including phenoxy) is 2. The smallest absolute Gasteiger partial charge is 0.337 e. The first-order valence-corrected chi connectivity index (χ1v) is 6.75. The van der Waals surface area contributed by atoms with Gasteiger partial charge in [0.15, 0.2) is 0 Å². The number of benzene rings is 1. The van der Waals surface area contributed by atoms with Gasteiger partial charge in [-0.3, -0.25) is 0 Å². The maximum Gasteiger partial charge on any atom is 0.337 e. The molecule has 1 fully saturated rings. The number of carbonyl (C=O) groups excluding carboxylic acids is 1. The van der Waals surface area contributed by atoms with Crippen molar-refractivity contribution in [3.05, 3.63) is 34.2 Å². The van der Waals surface area contributed by atoms with E-state index in [1.165, 1.54) is 7.11 Å². The minimum atomic E-state index is -0.387. The average Bonchev–Trinajstić information content (AvgIpc) is 2.54. The van der Waals surface area contributed by atoms with Crippen molar-refractivity contribution in [1.82, 2.24) is 0 Å². The highest BCUT2D eigenvalue weighted by molar-refractivity contribution is 5.90. The Bertz CT molecular complexity index is 561. The van der Waals surface area contributed by atoms with Crippen LogP contribution in [0.2, 0.25) is 0 Å². The third-order valence-electron chi connectivity index (χ3n) is 3.62. The normalized spacial score (nSPS) is 15.2. The molecule has 1 heterocycles. The maximum absolute atomic E-state index is 11.5. The number of hydrogen-bond acceptors (Lipinski definition) is 5. The van der Waals surface area contributed by atoms with Crippen LogP contribution in [0.15, 0.2) is 23.3 Å². The van der Waals surface area contributed by atoms with E-state index in [9.17, 15) is 4.79 Å². The van der Waals surface area contributed by atoms with E-state index in [-0.39, 0.29) is 12.0 Å². The number of nitrogens with zero attached hydrogens (tertiary/aromatic N) is 4. The van der Waals surface area contributed by atoms with Gasteiger partial charge in [-0.05, 0) is 36.6 Å². The number of piperidine rings is 1. The van der Waals surface area contributed by atoms with Crippen LogP contribution in [0.4, 0.5) is 5.69 Å². The molecule has 1 aliphatic heterocycles. The highest BCUT2D eigenvalue weighted by atomic mass is 16.5. The van der Waals surface area contributed by atoms with E-state index < -0.39 is 0 Å². The van der Waals surface area contributed by atoms with Gasteiger partial charge in [0.25, 0.3) is 0 Å². The third-order valence-corrected chi connectivity index (χ3v) is 3.62. The molecule has 0 spiro atoms. The molecule has 0 bridgehead atoms. The molecule has 0 N–H and O–H groups in total. The Kier molecular flexibility index (Phi) is 4.90. The van der Waals surface area contributed by atoms with Gasteiger partial charge >= 0.3 is 5.97 Å². The molecule has 1 saturated heterocycles. The quantitative estimate of drug-likeness (QED) is 0.369. The molecule has 1 aliphatic rings. The molecule has 7 heteroatoms. The summed E-state index contributed by atoms with van der Waals surface area (Å²) in [6.07, 6.45) is 1.62. The minimum Gasteiger partial charge on any atom is -0.495 e. The van der Waals surface area contributed by atoms with Crippen LogP contribution < -0.4 is 9.64 Å². The van der Waals surface area contributed by atoms with Crippen LogP contribution in [0.1, 0.15) is 23.2 Å². The van der Waals surface area contributed by atoms with E-state index in [2.05, 4.69) is 14.9 Å². The first kappa shape index (κ1) is 15.0. The van der Waals surface area contributed by atoms with Crippen molar-refractivity contribution in [1.29, 1.82) is 0 Å².